The zero-order valence-corrected chi connectivity index (χ0v) is 11.1. The van der Waals surface area contributed by atoms with Crippen molar-refractivity contribution in [1.29, 1.82) is 0 Å². The molecule has 0 saturated carbocycles. The van der Waals surface area contributed by atoms with Gasteiger partial charge in [0.15, 0.2) is 0 Å². The van der Waals surface area contributed by atoms with Crippen molar-refractivity contribution in [2.75, 3.05) is 5.32 Å². The van der Waals surface area contributed by atoms with E-state index in [1.807, 2.05) is 55.5 Å². The molecule has 1 aromatic heterocycles. The number of aryl methyl sites for hydroxylation is 1. The van der Waals surface area contributed by atoms with E-state index in [4.69, 9.17) is 11.6 Å². The smallest absolute Gasteiger partial charge is 0.224 e. The first kappa shape index (κ1) is 11.9. The second kappa shape index (κ2) is 4.86. The van der Waals surface area contributed by atoms with Crippen LogP contribution in [0.15, 0.2) is 48.5 Å². The molecule has 3 rings (SSSR count). The van der Waals surface area contributed by atoms with Gasteiger partial charge in [-0.1, -0.05) is 30.3 Å². The first-order valence-corrected chi connectivity index (χ1v) is 6.37. The summed E-state index contributed by atoms with van der Waals surface area (Å²) in [6, 6.07) is 15.9. The number of nitrogens with one attached hydrogen (secondary N) is 1. The molecule has 0 saturated heterocycles. The quantitative estimate of drug-likeness (QED) is 0.704. The first-order chi connectivity index (χ1) is 9.24. The second-order valence-electron chi connectivity index (χ2n) is 4.30. The van der Waals surface area contributed by atoms with Gasteiger partial charge in [-0.2, -0.15) is 4.98 Å². The van der Waals surface area contributed by atoms with E-state index in [2.05, 4.69) is 15.3 Å². The Balaban J connectivity index is 2.15. The summed E-state index contributed by atoms with van der Waals surface area (Å²) in [6.07, 6.45) is 0. The van der Waals surface area contributed by atoms with E-state index >= 15 is 0 Å². The number of para-hydroxylation sites is 2. The van der Waals surface area contributed by atoms with E-state index < -0.39 is 0 Å². The molecule has 0 unspecified atom stereocenters. The molecule has 2 aromatic carbocycles. The molecule has 0 fully saturated rings. The molecule has 0 aliphatic carbocycles. The van der Waals surface area contributed by atoms with E-state index in [-0.39, 0.29) is 5.28 Å². The van der Waals surface area contributed by atoms with Gasteiger partial charge in [0.2, 0.25) is 5.28 Å². The maximum Gasteiger partial charge on any atom is 0.224 e. The van der Waals surface area contributed by atoms with Crippen molar-refractivity contribution in [3.63, 3.8) is 0 Å². The van der Waals surface area contributed by atoms with Gasteiger partial charge in [0.1, 0.15) is 5.82 Å². The van der Waals surface area contributed by atoms with Crippen LogP contribution in [0.4, 0.5) is 11.5 Å². The molecule has 0 aliphatic rings. The fraction of sp³-hybridized carbons (Fsp3) is 0.0667. The molecular weight excluding hydrogens is 258 g/mol. The van der Waals surface area contributed by atoms with Gasteiger partial charge in [-0.15, -0.1) is 0 Å². The van der Waals surface area contributed by atoms with Gasteiger partial charge in [-0.3, -0.25) is 0 Å². The van der Waals surface area contributed by atoms with Crippen LogP contribution < -0.4 is 5.32 Å². The summed E-state index contributed by atoms with van der Waals surface area (Å²) in [5.74, 6) is 0.727. The van der Waals surface area contributed by atoms with Crippen molar-refractivity contribution in [2.45, 2.75) is 6.92 Å². The second-order valence-corrected chi connectivity index (χ2v) is 4.64. The van der Waals surface area contributed by atoms with Gasteiger partial charge in [0.05, 0.1) is 5.52 Å². The molecule has 94 valence electrons. The fourth-order valence-electron chi connectivity index (χ4n) is 2.02. The molecular formula is C15H12ClN3. The topological polar surface area (TPSA) is 37.8 Å². The summed E-state index contributed by atoms with van der Waals surface area (Å²) in [7, 11) is 0. The molecule has 4 heteroatoms. The standard InChI is InChI=1S/C15H12ClN3/c1-10-6-5-9-12-13(10)18-15(16)19-14(12)17-11-7-3-2-4-8-11/h2-9H,1H3,(H,17,18,19). The molecule has 0 radical (unpaired) electrons. The van der Waals surface area contributed by atoms with Gasteiger partial charge in [-0.05, 0) is 42.3 Å². The molecule has 3 nitrogen and oxygen atoms in total. The van der Waals surface area contributed by atoms with Gasteiger partial charge in [-0.25, -0.2) is 4.98 Å². The van der Waals surface area contributed by atoms with Crippen LogP contribution >= 0.6 is 11.6 Å². The van der Waals surface area contributed by atoms with E-state index in [0.717, 1.165) is 28.0 Å². The minimum Gasteiger partial charge on any atom is -0.340 e. The number of aromatic nitrogens is 2. The summed E-state index contributed by atoms with van der Waals surface area (Å²) in [4.78, 5) is 8.57. The average molecular weight is 270 g/mol. The summed E-state index contributed by atoms with van der Waals surface area (Å²) in [5.41, 5.74) is 2.93. The van der Waals surface area contributed by atoms with Crippen LogP contribution in [-0.4, -0.2) is 9.97 Å². The van der Waals surface area contributed by atoms with Crippen molar-refractivity contribution in [2.24, 2.45) is 0 Å². The summed E-state index contributed by atoms with van der Waals surface area (Å²) in [6.45, 7) is 2.01. The Bertz CT molecular complexity index is 726. The molecule has 1 N–H and O–H groups in total. The van der Waals surface area contributed by atoms with E-state index in [0.29, 0.717) is 0 Å². The van der Waals surface area contributed by atoms with Crippen molar-refractivity contribution < 1.29 is 0 Å². The molecule has 19 heavy (non-hydrogen) atoms. The molecule has 0 aliphatic heterocycles. The molecule has 1 heterocycles. The normalized spacial score (nSPS) is 10.6. The first-order valence-electron chi connectivity index (χ1n) is 5.99. The number of benzene rings is 2. The Morgan fingerprint density at radius 3 is 2.53 bits per heavy atom. The molecule has 0 bridgehead atoms. The highest BCUT2D eigenvalue weighted by Gasteiger charge is 2.08. The van der Waals surface area contributed by atoms with E-state index in [1.165, 1.54) is 0 Å². The average Bonchev–Trinajstić information content (AvgIpc) is 2.41. The third-order valence-electron chi connectivity index (χ3n) is 2.94. The number of hydrogen-bond donors (Lipinski definition) is 1. The Labute approximate surface area is 116 Å². The number of fused-ring (bicyclic) bond motifs is 1. The Hall–Kier alpha value is -2.13. The Morgan fingerprint density at radius 1 is 0.947 bits per heavy atom. The lowest BCUT2D eigenvalue weighted by atomic mass is 10.1. The van der Waals surface area contributed by atoms with Crippen molar-refractivity contribution in [3.8, 4) is 0 Å². The van der Waals surface area contributed by atoms with Crippen LogP contribution in [-0.2, 0) is 0 Å². The van der Waals surface area contributed by atoms with Gasteiger partial charge < -0.3 is 5.32 Å². The van der Waals surface area contributed by atoms with E-state index in [9.17, 15) is 0 Å². The number of rotatable bonds is 2. The zero-order valence-electron chi connectivity index (χ0n) is 10.4. The van der Waals surface area contributed by atoms with Crippen LogP contribution in [0.5, 0.6) is 0 Å². The largest absolute Gasteiger partial charge is 0.340 e. The lowest BCUT2D eigenvalue weighted by Crippen LogP contribution is -1.98. The predicted molar refractivity (Wildman–Crippen MR) is 79.0 cm³/mol. The maximum atomic E-state index is 6.00. The number of anilines is 2. The lowest BCUT2D eigenvalue weighted by Gasteiger charge is -2.10. The molecule has 0 atom stereocenters. The van der Waals surface area contributed by atoms with Crippen molar-refractivity contribution >= 4 is 34.0 Å². The van der Waals surface area contributed by atoms with Crippen LogP contribution in [0.25, 0.3) is 10.9 Å². The van der Waals surface area contributed by atoms with Crippen molar-refractivity contribution in [3.05, 3.63) is 59.4 Å². The van der Waals surface area contributed by atoms with Crippen molar-refractivity contribution in [1.82, 2.24) is 9.97 Å². The van der Waals surface area contributed by atoms with Crippen LogP contribution in [0.1, 0.15) is 5.56 Å². The number of halogens is 1. The van der Waals surface area contributed by atoms with E-state index in [1.54, 1.807) is 0 Å². The van der Waals surface area contributed by atoms with Gasteiger partial charge >= 0.3 is 0 Å². The zero-order chi connectivity index (χ0) is 13.2. The highest BCUT2D eigenvalue weighted by Crippen LogP contribution is 2.26. The minimum atomic E-state index is 0.250. The lowest BCUT2D eigenvalue weighted by molar-refractivity contribution is 1.21. The monoisotopic (exact) mass is 269 g/mol. The maximum absolute atomic E-state index is 6.00. The molecule has 3 aromatic rings. The Morgan fingerprint density at radius 2 is 1.74 bits per heavy atom. The summed E-state index contributed by atoms with van der Waals surface area (Å²) >= 11 is 6.00. The molecule has 0 amide bonds. The van der Waals surface area contributed by atoms with Crippen LogP contribution in [0, 0.1) is 6.92 Å². The summed E-state index contributed by atoms with van der Waals surface area (Å²) in [5, 5.41) is 4.50. The predicted octanol–water partition coefficient (Wildman–Crippen LogP) is 4.34. The van der Waals surface area contributed by atoms with Crippen LogP contribution in [0.3, 0.4) is 0 Å². The van der Waals surface area contributed by atoms with Gasteiger partial charge in [0, 0.05) is 11.1 Å². The summed E-state index contributed by atoms with van der Waals surface area (Å²) < 4.78 is 0. The highest BCUT2D eigenvalue weighted by atomic mass is 35.5. The number of nitrogens with zero attached hydrogens (tertiary/aromatic N) is 2. The SMILES string of the molecule is Cc1cccc2c(Nc3ccccc3)nc(Cl)nc12. The van der Waals surface area contributed by atoms with Crippen LogP contribution in [0.2, 0.25) is 5.28 Å². The number of hydrogen-bond acceptors (Lipinski definition) is 3. The minimum absolute atomic E-state index is 0.250. The third kappa shape index (κ3) is 2.37. The highest BCUT2D eigenvalue weighted by molar-refractivity contribution is 6.28. The Kier molecular flexibility index (Phi) is 3.05. The third-order valence-corrected chi connectivity index (χ3v) is 3.11. The fourth-order valence-corrected chi connectivity index (χ4v) is 2.19. The van der Waals surface area contributed by atoms with Gasteiger partial charge in [0.25, 0.3) is 0 Å². The molecule has 0 spiro atoms.